The molecule has 3 aromatic rings. The summed E-state index contributed by atoms with van der Waals surface area (Å²) in [5, 5.41) is 3.86. The Morgan fingerprint density at radius 1 is 0.839 bits per heavy atom. The summed E-state index contributed by atoms with van der Waals surface area (Å²) in [6.07, 6.45) is 0.0146. The zero-order chi connectivity index (χ0) is 22.8. The van der Waals surface area contributed by atoms with Crippen molar-refractivity contribution in [3.63, 3.8) is 0 Å². The quantitative estimate of drug-likeness (QED) is 0.346. The van der Waals surface area contributed by atoms with E-state index in [2.05, 4.69) is 15.9 Å². The van der Waals surface area contributed by atoms with Gasteiger partial charge in [-0.25, -0.2) is 22.3 Å². The summed E-state index contributed by atoms with van der Waals surface area (Å²) in [7, 11) is -4.18. The minimum absolute atomic E-state index is 0.00728. The lowest BCUT2D eigenvalue weighted by Crippen LogP contribution is -2.19. The molecule has 0 amide bonds. The molecule has 0 fully saturated rings. The number of hydrogen-bond acceptors (Lipinski definition) is 2. The van der Waals surface area contributed by atoms with Gasteiger partial charge in [-0.15, -0.1) is 23.2 Å². The van der Waals surface area contributed by atoms with Crippen molar-refractivity contribution in [1.82, 2.24) is 0 Å². The third-order valence-electron chi connectivity index (χ3n) is 4.78. The largest absolute Gasteiger partial charge is 0.238 e. The van der Waals surface area contributed by atoms with Gasteiger partial charge in [-0.1, -0.05) is 52.3 Å². The van der Waals surface area contributed by atoms with E-state index in [-0.39, 0.29) is 28.9 Å². The molecule has 164 valence electrons. The van der Waals surface area contributed by atoms with Crippen LogP contribution in [0.15, 0.2) is 70.0 Å². The van der Waals surface area contributed by atoms with Gasteiger partial charge in [-0.2, -0.15) is 0 Å². The first-order valence-electron chi connectivity index (χ1n) is 9.19. The van der Waals surface area contributed by atoms with E-state index in [0.29, 0.717) is 15.6 Å². The van der Waals surface area contributed by atoms with Crippen LogP contribution in [0.25, 0.3) is 0 Å². The highest BCUT2D eigenvalue weighted by molar-refractivity contribution is 9.10. The normalized spacial score (nSPS) is 13.7. The van der Waals surface area contributed by atoms with Crippen molar-refractivity contribution in [1.29, 1.82) is 0 Å². The SMILES string of the molecule is NS(=O)(=O)c1c(CC(Cl)c2ccccc2F)cc(Br)cc1CC(Cl)c1ccccc1F. The smallest absolute Gasteiger partial charge is 0.225 e. The minimum Gasteiger partial charge on any atom is -0.225 e. The van der Waals surface area contributed by atoms with Gasteiger partial charge in [0.2, 0.25) is 10.0 Å². The standard InChI is InChI=1S/C22H18BrCl2F2NO2S/c23-15-9-13(11-18(24)16-5-1-3-7-20(16)26)22(31(28,29)30)14(10-15)12-19(25)17-6-2-4-8-21(17)27/h1-10,18-19H,11-12H2,(H2,28,29,30). The van der Waals surface area contributed by atoms with Crippen molar-refractivity contribution < 1.29 is 17.2 Å². The molecule has 0 heterocycles. The molecule has 2 N–H and O–H groups in total. The first-order chi connectivity index (χ1) is 14.6. The highest BCUT2D eigenvalue weighted by Crippen LogP contribution is 2.36. The molecule has 0 aliphatic carbocycles. The lowest BCUT2D eigenvalue weighted by atomic mass is 9.98. The van der Waals surface area contributed by atoms with E-state index < -0.39 is 32.4 Å². The Kier molecular flexibility index (Phi) is 7.76. The third kappa shape index (κ3) is 5.84. The van der Waals surface area contributed by atoms with E-state index >= 15 is 0 Å². The molecule has 0 saturated heterocycles. The van der Waals surface area contributed by atoms with Crippen LogP contribution in [0.4, 0.5) is 8.78 Å². The van der Waals surface area contributed by atoms with Crippen LogP contribution in [0.1, 0.15) is 33.0 Å². The van der Waals surface area contributed by atoms with Crippen LogP contribution in [-0.4, -0.2) is 8.42 Å². The molecule has 0 radical (unpaired) electrons. The van der Waals surface area contributed by atoms with Gasteiger partial charge in [0.1, 0.15) is 11.6 Å². The molecule has 0 aliphatic rings. The molecular formula is C22H18BrCl2F2NO2S. The highest BCUT2D eigenvalue weighted by Gasteiger charge is 2.25. The maximum Gasteiger partial charge on any atom is 0.238 e. The van der Waals surface area contributed by atoms with Crippen LogP contribution >= 0.6 is 39.1 Å². The number of hydrogen-bond donors (Lipinski definition) is 1. The predicted molar refractivity (Wildman–Crippen MR) is 123 cm³/mol. The molecule has 3 aromatic carbocycles. The first-order valence-corrected chi connectivity index (χ1v) is 12.4. The molecule has 31 heavy (non-hydrogen) atoms. The summed E-state index contributed by atoms with van der Waals surface area (Å²) in [4.78, 5) is -0.139. The number of alkyl halides is 2. The fraction of sp³-hybridized carbons (Fsp3) is 0.182. The number of halogens is 5. The lowest BCUT2D eigenvalue weighted by molar-refractivity contribution is 0.592. The Labute approximate surface area is 198 Å². The summed E-state index contributed by atoms with van der Waals surface area (Å²) in [6.45, 7) is 0. The average Bonchev–Trinajstić information content (AvgIpc) is 2.67. The summed E-state index contributed by atoms with van der Waals surface area (Å²) < 4.78 is 53.8. The fourth-order valence-electron chi connectivity index (χ4n) is 3.44. The maximum absolute atomic E-state index is 14.1. The molecule has 0 spiro atoms. The Morgan fingerprint density at radius 3 is 1.58 bits per heavy atom. The predicted octanol–water partition coefficient (Wildman–Crippen LogP) is 6.42. The topological polar surface area (TPSA) is 60.2 Å². The molecular weight excluding hydrogens is 531 g/mol. The number of nitrogens with two attached hydrogens (primary N) is 1. The van der Waals surface area contributed by atoms with E-state index in [9.17, 15) is 17.2 Å². The second kappa shape index (κ2) is 9.96. The van der Waals surface area contributed by atoms with Gasteiger partial charge in [-0.3, -0.25) is 0 Å². The second-order valence-corrected chi connectivity index (χ2v) is 10.5. The van der Waals surface area contributed by atoms with Gasteiger partial charge in [0.25, 0.3) is 0 Å². The van der Waals surface area contributed by atoms with Crippen LogP contribution in [-0.2, 0) is 22.9 Å². The van der Waals surface area contributed by atoms with Gasteiger partial charge in [0.15, 0.2) is 0 Å². The first kappa shape index (κ1) is 24.1. The van der Waals surface area contributed by atoms with E-state index in [0.717, 1.165) is 0 Å². The molecule has 2 unspecified atom stereocenters. The van der Waals surface area contributed by atoms with Crippen LogP contribution in [0.2, 0.25) is 0 Å². The van der Waals surface area contributed by atoms with Crippen molar-refractivity contribution in [2.45, 2.75) is 28.5 Å². The zero-order valence-electron chi connectivity index (χ0n) is 16.0. The monoisotopic (exact) mass is 547 g/mol. The molecule has 0 aromatic heterocycles. The zero-order valence-corrected chi connectivity index (χ0v) is 19.9. The van der Waals surface area contributed by atoms with E-state index in [1.165, 1.54) is 24.3 Å². The van der Waals surface area contributed by atoms with E-state index in [4.69, 9.17) is 28.3 Å². The number of sulfonamides is 1. The molecule has 0 bridgehead atoms. The maximum atomic E-state index is 14.1. The van der Waals surface area contributed by atoms with E-state index in [1.54, 1.807) is 36.4 Å². The average molecular weight is 549 g/mol. The Balaban J connectivity index is 2.04. The summed E-state index contributed by atoms with van der Waals surface area (Å²) >= 11 is 16.2. The summed E-state index contributed by atoms with van der Waals surface area (Å²) in [5.74, 6) is -0.981. The van der Waals surface area contributed by atoms with Crippen LogP contribution < -0.4 is 5.14 Å². The molecule has 0 saturated carbocycles. The second-order valence-electron chi connectivity index (χ2n) is 6.98. The van der Waals surface area contributed by atoms with Gasteiger partial charge in [0.05, 0.1) is 15.6 Å². The van der Waals surface area contributed by atoms with Gasteiger partial charge in [-0.05, 0) is 48.2 Å². The van der Waals surface area contributed by atoms with Gasteiger partial charge >= 0.3 is 0 Å². The molecule has 0 aliphatic heterocycles. The number of primary sulfonamides is 1. The Bertz CT molecular complexity index is 1130. The third-order valence-corrected chi connectivity index (χ3v) is 7.11. The lowest BCUT2D eigenvalue weighted by Gasteiger charge is -2.19. The minimum atomic E-state index is -4.18. The van der Waals surface area contributed by atoms with Crippen molar-refractivity contribution in [3.05, 3.63) is 99.0 Å². The van der Waals surface area contributed by atoms with Crippen molar-refractivity contribution >= 4 is 49.2 Å². The molecule has 3 rings (SSSR count). The summed E-state index contributed by atoms with van der Waals surface area (Å²) in [6, 6.07) is 15.2. The highest BCUT2D eigenvalue weighted by atomic mass is 79.9. The summed E-state index contributed by atoms with van der Waals surface area (Å²) in [5.41, 5.74) is 1.11. The van der Waals surface area contributed by atoms with Crippen LogP contribution in [0, 0.1) is 11.6 Å². The molecule has 3 nitrogen and oxygen atoms in total. The van der Waals surface area contributed by atoms with Gasteiger partial charge < -0.3 is 0 Å². The van der Waals surface area contributed by atoms with Crippen molar-refractivity contribution in [2.24, 2.45) is 5.14 Å². The molecule has 9 heteroatoms. The van der Waals surface area contributed by atoms with Crippen LogP contribution in [0.3, 0.4) is 0 Å². The fourth-order valence-corrected chi connectivity index (χ4v) is 5.70. The Morgan fingerprint density at radius 2 is 1.23 bits per heavy atom. The van der Waals surface area contributed by atoms with Gasteiger partial charge in [0, 0.05) is 15.6 Å². The van der Waals surface area contributed by atoms with E-state index in [1.807, 2.05) is 0 Å². The number of benzene rings is 3. The van der Waals surface area contributed by atoms with Crippen molar-refractivity contribution in [2.75, 3.05) is 0 Å². The number of rotatable bonds is 7. The Hall–Kier alpha value is -1.51. The van der Waals surface area contributed by atoms with Crippen LogP contribution in [0.5, 0.6) is 0 Å². The van der Waals surface area contributed by atoms with Crippen molar-refractivity contribution in [3.8, 4) is 0 Å². The molecule has 2 atom stereocenters.